The monoisotopic (exact) mass is 282 g/mol. The van der Waals surface area contributed by atoms with Crippen LogP contribution in [0, 0.1) is 0 Å². The summed E-state index contributed by atoms with van der Waals surface area (Å²) in [4.78, 5) is 11.0. The predicted molar refractivity (Wildman–Crippen MR) is 81.6 cm³/mol. The van der Waals surface area contributed by atoms with Gasteiger partial charge >= 0.3 is 0 Å². The van der Waals surface area contributed by atoms with Crippen LogP contribution >= 0.6 is 11.3 Å². The van der Waals surface area contributed by atoms with E-state index in [0.29, 0.717) is 12.6 Å². The first-order valence-corrected chi connectivity index (χ1v) is 8.02. The number of piperazine rings is 1. The van der Waals surface area contributed by atoms with Crippen LogP contribution in [0.15, 0.2) is 0 Å². The molecule has 1 aliphatic rings. The minimum Gasteiger partial charge on any atom is -0.326 e. The SMILES string of the molecule is CCCc1nc(CC2CN(C)CCN2C)sc1CN. The van der Waals surface area contributed by atoms with Gasteiger partial charge < -0.3 is 15.5 Å². The minimum atomic E-state index is 0.588. The summed E-state index contributed by atoms with van der Waals surface area (Å²) in [7, 11) is 4.43. The molecule has 19 heavy (non-hydrogen) atoms. The molecule has 0 spiro atoms. The van der Waals surface area contributed by atoms with Crippen molar-refractivity contribution in [2.75, 3.05) is 33.7 Å². The maximum atomic E-state index is 5.83. The van der Waals surface area contributed by atoms with Crippen LogP contribution < -0.4 is 5.73 Å². The lowest BCUT2D eigenvalue weighted by molar-refractivity contribution is 0.114. The first-order chi connectivity index (χ1) is 9.13. The quantitative estimate of drug-likeness (QED) is 0.885. The molecule has 0 saturated carbocycles. The first-order valence-electron chi connectivity index (χ1n) is 7.20. The molecule has 1 saturated heterocycles. The van der Waals surface area contributed by atoms with Gasteiger partial charge in [-0.15, -0.1) is 11.3 Å². The molecule has 1 fully saturated rings. The Labute approximate surface area is 120 Å². The molecule has 108 valence electrons. The predicted octanol–water partition coefficient (Wildman–Crippen LogP) is 1.34. The number of thiazole rings is 1. The average molecular weight is 282 g/mol. The van der Waals surface area contributed by atoms with Gasteiger partial charge in [0.15, 0.2) is 0 Å². The summed E-state index contributed by atoms with van der Waals surface area (Å²) < 4.78 is 0. The molecule has 0 amide bonds. The van der Waals surface area contributed by atoms with Crippen molar-refractivity contribution in [1.29, 1.82) is 0 Å². The summed E-state index contributed by atoms with van der Waals surface area (Å²) in [6, 6.07) is 0.588. The Hall–Kier alpha value is -0.490. The van der Waals surface area contributed by atoms with Crippen LogP contribution in [0.5, 0.6) is 0 Å². The molecule has 2 heterocycles. The Morgan fingerprint density at radius 3 is 2.84 bits per heavy atom. The van der Waals surface area contributed by atoms with Crippen LogP contribution in [-0.2, 0) is 19.4 Å². The van der Waals surface area contributed by atoms with Gasteiger partial charge in [-0.1, -0.05) is 13.3 Å². The van der Waals surface area contributed by atoms with Crippen LogP contribution in [0.25, 0.3) is 0 Å². The fraction of sp³-hybridized carbons (Fsp3) is 0.786. The van der Waals surface area contributed by atoms with Gasteiger partial charge in [-0.05, 0) is 20.5 Å². The lowest BCUT2D eigenvalue weighted by Gasteiger charge is -2.37. The molecule has 0 radical (unpaired) electrons. The third-order valence-electron chi connectivity index (χ3n) is 3.89. The molecule has 1 aliphatic heterocycles. The number of rotatable bonds is 5. The summed E-state index contributed by atoms with van der Waals surface area (Å²) in [5.74, 6) is 0. The van der Waals surface area contributed by atoms with Crippen molar-refractivity contribution in [3.05, 3.63) is 15.6 Å². The highest BCUT2D eigenvalue weighted by atomic mass is 32.1. The zero-order valence-electron chi connectivity index (χ0n) is 12.4. The number of aromatic nitrogens is 1. The fourth-order valence-electron chi connectivity index (χ4n) is 2.64. The molecule has 1 aromatic heterocycles. The Balaban J connectivity index is 2.05. The van der Waals surface area contributed by atoms with Gasteiger partial charge in [-0.3, -0.25) is 0 Å². The average Bonchev–Trinajstić information content (AvgIpc) is 2.76. The second-order valence-corrected chi connectivity index (χ2v) is 6.70. The molecule has 1 atom stereocenters. The van der Waals surface area contributed by atoms with Crippen molar-refractivity contribution in [2.45, 2.75) is 38.8 Å². The molecule has 0 aromatic carbocycles. The summed E-state index contributed by atoms with van der Waals surface area (Å²) in [6.45, 7) is 6.28. The van der Waals surface area contributed by atoms with Gasteiger partial charge in [-0.2, -0.15) is 0 Å². The second-order valence-electron chi connectivity index (χ2n) is 5.53. The Morgan fingerprint density at radius 2 is 2.16 bits per heavy atom. The maximum absolute atomic E-state index is 5.83. The van der Waals surface area contributed by atoms with E-state index in [4.69, 9.17) is 10.7 Å². The highest BCUT2D eigenvalue weighted by Gasteiger charge is 2.24. The molecule has 5 heteroatoms. The van der Waals surface area contributed by atoms with Gasteiger partial charge in [0.05, 0.1) is 10.7 Å². The lowest BCUT2D eigenvalue weighted by Crippen LogP contribution is -2.50. The smallest absolute Gasteiger partial charge is 0.0947 e. The van der Waals surface area contributed by atoms with E-state index in [-0.39, 0.29) is 0 Å². The molecule has 0 bridgehead atoms. The van der Waals surface area contributed by atoms with E-state index in [1.165, 1.54) is 22.1 Å². The zero-order chi connectivity index (χ0) is 13.8. The van der Waals surface area contributed by atoms with Crippen LogP contribution in [0.2, 0.25) is 0 Å². The first kappa shape index (κ1) is 14.9. The molecule has 4 nitrogen and oxygen atoms in total. The van der Waals surface area contributed by atoms with E-state index in [1.807, 2.05) is 11.3 Å². The molecular weight excluding hydrogens is 256 g/mol. The maximum Gasteiger partial charge on any atom is 0.0947 e. The van der Waals surface area contributed by atoms with Gasteiger partial charge in [0.2, 0.25) is 0 Å². The van der Waals surface area contributed by atoms with E-state index in [0.717, 1.165) is 32.4 Å². The minimum absolute atomic E-state index is 0.588. The number of nitrogens with two attached hydrogens (primary N) is 1. The number of aryl methyl sites for hydroxylation is 1. The van der Waals surface area contributed by atoms with Gasteiger partial charge in [0.25, 0.3) is 0 Å². The van der Waals surface area contributed by atoms with Gasteiger partial charge in [0.1, 0.15) is 0 Å². The van der Waals surface area contributed by atoms with Crippen molar-refractivity contribution in [1.82, 2.24) is 14.8 Å². The second kappa shape index (κ2) is 6.79. The van der Waals surface area contributed by atoms with E-state index in [9.17, 15) is 0 Å². The van der Waals surface area contributed by atoms with Crippen molar-refractivity contribution in [3.63, 3.8) is 0 Å². The zero-order valence-corrected chi connectivity index (χ0v) is 13.2. The van der Waals surface area contributed by atoms with Crippen molar-refractivity contribution >= 4 is 11.3 Å². The van der Waals surface area contributed by atoms with E-state index >= 15 is 0 Å². The van der Waals surface area contributed by atoms with E-state index in [1.54, 1.807) is 0 Å². The van der Waals surface area contributed by atoms with Crippen LogP contribution in [0.4, 0.5) is 0 Å². The van der Waals surface area contributed by atoms with E-state index < -0.39 is 0 Å². The van der Waals surface area contributed by atoms with Crippen molar-refractivity contribution in [3.8, 4) is 0 Å². The highest BCUT2D eigenvalue weighted by molar-refractivity contribution is 7.11. The Bertz CT molecular complexity index is 404. The molecular formula is C14H26N4S. The normalized spacial score (nSPS) is 22.0. The van der Waals surface area contributed by atoms with Gasteiger partial charge in [-0.25, -0.2) is 4.98 Å². The third-order valence-corrected chi connectivity index (χ3v) is 5.03. The van der Waals surface area contributed by atoms with Gasteiger partial charge in [0, 0.05) is 43.5 Å². The largest absolute Gasteiger partial charge is 0.326 e. The van der Waals surface area contributed by atoms with Crippen LogP contribution in [0.1, 0.15) is 28.9 Å². The van der Waals surface area contributed by atoms with Crippen LogP contribution in [0.3, 0.4) is 0 Å². The van der Waals surface area contributed by atoms with Crippen LogP contribution in [-0.4, -0.2) is 54.6 Å². The van der Waals surface area contributed by atoms with E-state index in [2.05, 4.69) is 30.8 Å². The lowest BCUT2D eigenvalue weighted by atomic mass is 10.1. The summed E-state index contributed by atoms with van der Waals surface area (Å²) in [5, 5.41) is 1.26. The van der Waals surface area contributed by atoms with Crippen molar-refractivity contribution in [2.24, 2.45) is 5.73 Å². The Kier molecular flexibility index (Phi) is 5.33. The number of nitrogens with zero attached hydrogens (tertiary/aromatic N) is 3. The summed E-state index contributed by atoms with van der Waals surface area (Å²) in [5.41, 5.74) is 7.06. The van der Waals surface area contributed by atoms with Crippen molar-refractivity contribution < 1.29 is 0 Å². The Morgan fingerprint density at radius 1 is 1.37 bits per heavy atom. The molecule has 1 aromatic rings. The third kappa shape index (κ3) is 3.75. The fourth-order valence-corrected chi connectivity index (χ4v) is 3.70. The molecule has 0 aliphatic carbocycles. The topological polar surface area (TPSA) is 45.4 Å². The molecule has 2 rings (SSSR count). The standard InChI is InChI=1S/C14H26N4S/c1-4-5-12-13(9-15)19-14(16-12)8-11-10-17(2)6-7-18(11)3/h11H,4-10,15H2,1-3H3. The summed E-state index contributed by atoms with van der Waals surface area (Å²) in [6.07, 6.45) is 3.26. The highest BCUT2D eigenvalue weighted by Crippen LogP contribution is 2.22. The number of likely N-dealkylation sites (N-methyl/N-ethyl adjacent to an activating group) is 2. The number of hydrogen-bond acceptors (Lipinski definition) is 5. The summed E-state index contributed by atoms with van der Waals surface area (Å²) >= 11 is 1.82. The molecule has 2 N–H and O–H groups in total. The molecule has 1 unspecified atom stereocenters. The number of hydrogen-bond donors (Lipinski definition) is 1.